The van der Waals surface area contributed by atoms with Crippen molar-refractivity contribution in [3.63, 3.8) is 0 Å². The van der Waals surface area contributed by atoms with E-state index in [9.17, 15) is 0 Å². The monoisotopic (exact) mass is 473 g/mol. The number of aryl methyl sites for hydroxylation is 1. The molecule has 0 fully saturated rings. The molecule has 5 aromatic rings. The Morgan fingerprint density at radius 3 is 2.97 bits per heavy atom. The molecule has 0 saturated heterocycles. The van der Waals surface area contributed by atoms with E-state index in [-0.39, 0.29) is 0 Å². The molecule has 0 saturated carbocycles. The Balaban J connectivity index is 1.24. The summed E-state index contributed by atoms with van der Waals surface area (Å²) in [5.74, 6) is 0.786. The molecule has 0 atom stereocenters. The molecule has 3 heterocycles. The maximum Gasteiger partial charge on any atom is 0.134 e. The lowest BCUT2D eigenvalue weighted by Gasteiger charge is -2.03. The van der Waals surface area contributed by atoms with Crippen LogP contribution in [-0.4, -0.2) is 25.0 Å². The molecule has 0 spiro atoms. The van der Waals surface area contributed by atoms with E-state index in [2.05, 4.69) is 66.6 Å². The van der Waals surface area contributed by atoms with Crippen molar-refractivity contribution in [2.24, 2.45) is 0 Å². The summed E-state index contributed by atoms with van der Waals surface area (Å²) in [6.45, 7) is 3.02. The molecule has 7 heteroatoms. The van der Waals surface area contributed by atoms with Crippen LogP contribution in [0.2, 0.25) is 0 Å². The van der Waals surface area contributed by atoms with Gasteiger partial charge in [0.1, 0.15) is 18.1 Å². The molecule has 0 aliphatic rings. The van der Waals surface area contributed by atoms with Crippen molar-refractivity contribution in [1.82, 2.24) is 25.0 Å². The molecule has 2 aromatic carbocycles. The second kappa shape index (κ2) is 8.35. The molecule has 6 nitrogen and oxygen atoms in total. The standard InChI is InChI=1S/C24H20BrN5O/c1-16-24-22(9-10-26-16)21-8-7-20(13-23(21)27-24)31-15-19-14-30(29-28-19)11-3-5-17-4-2-6-18(25)12-17/h2-10,12-14,27H,11,15H2,1H3/b5-3+. The van der Waals surface area contributed by atoms with Gasteiger partial charge in [0.2, 0.25) is 0 Å². The molecule has 0 radical (unpaired) electrons. The number of pyridine rings is 1. The van der Waals surface area contributed by atoms with Gasteiger partial charge in [-0.05, 0) is 42.8 Å². The Labute approximate surface area is 187 Å². The SMILES string of the molecule is Cc1nccc2c1[nH]c1cc(OCc3cn(C/C=C/c4cccc(Br)c4)nn3)ccc12. The van der Waals surface area contributed by atoms with Crippen LogP contribution < -0.4 is 4.74 Å². The molecule has 31 heavy (non-hydrogen) atoms. The lowest BCUT2D eigenvalue weighted by molar-refractivity contribution is 0.301. The van der Waals surface area contributed by atoms with Crippen molar-refractivity contribution in [3.8, 4) is 5.75 Å². The number of fused-ring (bicyclic) bond motifs is 3. The lowest BCUT2D eigenvalue weighted by Crippen LogP contribution is -1.96. The zero-order chi connectivity index (χ0) is 21.2. The zero-order valence-corrected chi connectivity index (χ0v) is 18.5. The van der Waals surface area contributed by atoms with Crippen molar-refractivity contribution in [2.75, 3.05) is 0 Å². The summed E-state index contributed by atoms with van der Waals surface area (Å²) < 4.78 is 8.81. The first kappa shape index (κ1) is 19.5. The summed E-state index contributed by atoms with van der Waals surface area (Å²) in [5, 5.41) is 10.7. The van der Waals surface area contributed by atoms with Crippen LogP contribution in [0.5, 0.6) is 5.75 Å². The van der Waals surface area contributed by atoms with E-state index >= 15 is 0 Å². The average Bonchev–Trinajstić information content (AvgIpc) is 3.37. The lowest BCUT2D eigenvalue weighted by atomic mass is 10.1. The number of aromatic nitrogens is 5. The summed E-state index contributed by atoms with van der Waals surface area (Å²) >= 11 is 3.48. The number of rotatable bonds is 6. The number of halogens is 1. The van der Waals surface area contributed by atoms with E-state index in [1.165, 1.54) is 5.39 Å². The van der Waals surface area contributed by atoms with Gasteiger partial charge >= 0.3 is 0 Å². The second-order valence-electron chi connectivity index (χ2n) is 7.33. The molecule has 0 amide bonds. The molecule has 0 aliphatic carbocycles. The molecule has 0 unspecified atom stereocenters. The fourth-order valence-electron chi connectivity index (χ4n) is 3.59. The van der Waals surface area contributed by atoms with Gasteiger partial charge in [0.15, 0.2) is 0 Å². The minimum Gasteiger partial charge on any atom is -0.487 e. The Kier molecular flexibility index (Phi) is 5.26. The van der Waals surface area contributed by atoms with Gasteiger partial charge in [-0.1, -0.05) is 45.4 Å². The zero-order valence-electron chi connectivity index (χ0n) is 16.9. The van der Waals surface area contributed by atoms with Crippen LogP contribution in [-0.2, 0) is 13.2 Å². The maximum absolute atomic E-state index is 5.95. The van der Waals surface area contributed by atoms with Crippen LogP contribution in [0.3, 0.4) is 0 Å². The number of aromatic amines is 1. The number of benzene rings is 2. The summed E-state index contributed by atoms with van der Waals surface area (Å²) in [4.78, 5) is 7.80. The van der Waals surface area contributed by atoms with Crippen LogP contribution >= 0.6 is 15.9 Å². The van der Waals surface area contributed by atoms with Crippen molar-refractivity contribution >= 4 is 43.8 Å². The first-order valence-corrected chi connectivity index (χ1v) is 10.8. The van der Waals surface area contributed by atoms with Gasteiger partial charge in [-0.15, -0.1) is 5.10 Å². The summed E-state index contributed by atoms with van der Waals surface area (Å²) in [6, 6.07) is 16.3. The van der Waals surface area contributed by atoms with E-state index in [0.717, 1.165) is 43.6 Å². The van der Waals surface area contributed by atoms with E-state index in [0.29, 0.717) is 13.2 Å². The van der Waals surface area contributed by atoms with E-state index in [1.54, 1.807) is 4.68 Å². The van der Waals surface area contributed by atoms with Crippen molar-refractivity contribution in [3.05, 3.63) is 88.4 Å². The average molecular weight is 474 g/mol. The molecule has 5 rings (SSSR count). The molecule has 3 aromatic heterocycles. The first-order chi connectivity index (χ1) is 15.2. The first-order valence-electron chi connectivity index (χ1n) is 9.97. The largest absolute Gasteiger partial charge is 0.487 e. The quantitative estimate of drug-likeness (QED) is 0.344. The highest BCUT2D eigenvalue weighted by Gasteiger charge is 2.08. The van der Waals surface area contributed by atoms with Crippen molar-refractivity contribution < 1.29 is 4.74 Å². The Morgan fingerprint density at radius 1 is 1.13 bits per heavy atom. The van der Waals surface area contributed by atoms with Gasteiger partial charge in [0.05, 0.1) is 29.5 Å². The molecular weight excluding hydrogens is 454 g/mol. The highest BCUT2D eigenvalue weighted by molar-refractivity contribution is 9.10. The van der Waals surface area contributed by atoms with E-state index < -0.39 is 0 Å². The number of hydrogen-bond donors (Lipinski definition) is 1. The highest BCUT2D eigenvalue weighted by Crippen LogP contribution is 2.29. The Bertz CT molecular complexity index is 1400. The van der Waals surface area contributed by atoms with Crippen LogP contribution in [0.25, 0.3) is 27.9 Å². The van der Waals surface area contributed by atoms with E-state index in [4.69, 9.17) is 4.74 Å². The van der Waals surface area contributed by atoms with Gasteiger partial charge in [-0.3, -0.25) is 4.98 Å². The fraction of sp³-hybridized carbons (Fsp3) is 0.125. The summed E-state index contributed by atoms with van der Waals surface area (Å²) in [5.41, 5.74) is 5.00. The second-order valence-corrected chi connectivity index (χ2v) is 8.24. The predicted molar refractivity (Wildman–Crippen MR) is 126 cm³/mol. The topological polar surface area (TPSA) is 68.6 Å². The number of nitrogens with one attached hydrogen (secondary N) is 1. The van der Waals surface area contributed by atoms with Crippen LogP contribution in [0.15, 0.2) is 71.5 Å². The summed E-state index contributed by atoms with van der Waals surface area (Å²) in [6.07, 6.45) is 7.87. The number of nitrogens with zero attached hydrogens (tertiary/aromatic N) is 4. The fourth-order valence-corrected chi connectivity index (χ4v) is 4.01. The van der Waals surface area contributed by atoms with Gasteiger partial charge < -0.3 is 9.72 Å². The van der Waals surface area contributed by atoms with Crippen molar-refractivity contribution in [1.29, 1.82) is 0 Å². The highest BCUT2D eigenvalue weighted by atomic mass is 79.9. The van der Waals surface area contributed by atoms with Gasteiger partial charge in [0, 0.05) is 27.5 Å². The third-order valence-corrected chi connectivity index (χ3v) is 5.60. The Morgan fingerprint density at radius 2 is 2.06 bits per heavy atom. The summed E-state index contributed by atoms with van der Waals surface area (Å²) in [7, 11) is 0. The molecule has 0 bridgehead atoms. The van der Waals surface area contributed by atoms with Crippen LogP contribution in [0.1, 0.15) is 17.0 Å². The normalized spacial score (nSPS) is 11.7. The van der Waals surface area contributed by atoms with Crippen LogP contribution in [0, 0.1) is 6.92 Å². The van der Waals surface area contributed by atoms with Gasteiger partial charge in [-0.25, -0.2) is 4.68 Å². The number of hydrogen-bond acceptors (Lipinski definition) is 4. The Hall–Kier alpha value is -3.45. The van der Waals surface area contributed by atoms with Gasteiger partial charge in [-0.2, -0.15) is 0 Å². The predicted octanol–water partition coefficient (Wildman–Crippen LogP) is 5.67. The van der Waals surface area contributed by atoms with Crippen molar-refractivity contribution in [2.45, 2.75) is 20.1 Å². The molecule has 154 valence electrons. The minimum absolute atomic E-state index is 0.363. The maximum atomic E-state index is 5.95. The number of ether oxygens (including phenoxy) is 1. The third kappa shape index (κ3) is 4.22. The number of H-pyrrole nitrogens is 1. The molecule has 1 N–H and O–H groups in total. The third-order valence-electron chi connectivity index (χ3n) is 5.11. The number of allylic oxidation sites excluding steroid dienone is 1. The van der Waals surface area contributed by atoms with Gasteiger partial charge in [0.25, 0.3) is 0 Å². The smallest absolute Gasteiger partial charge is 0.134 e. The molecule has 0 aliphatic heterocycles. The molecular formula is C24H20BrN5O. The van der Waals surface area contributed by atoms with E-state index in [1.807, 2.05) is 49.6 Å². The van der Waals surface area contributed by atoms with Crippen LogP contribution in [0.4, 0.5) is 0 Å². The minimum atomic E-state index is 0.363.